The summed E-state index contributed by atoms with van der Waals surface area (Å²) in [6.07, 6.45) is -0.608. The van der Waals surface area contributed by atoms with E-state index in [0.29, 0.717) is 17.2 Å². The molecule has 0 saturated heterocycles. The molecular weight excluding hydrogens is 361 g/mol. The number of carboxylic acids is 1. The first-order valence-electron chi connectivity index (χ1n) is 8.03. The van der Waals surface area contributed by atoms with E-state index in [1.165, 1.54) is 12.1 Å². The van der Waals surface area contributed by atoms with Crippen molar-refractivity contribution in [3.63, 3.8) is 0 Å². The Hall–Kier alpha value is -2.60. The number of amides is 1. The van der Waals surface area contributed by atoms with Crippen LogP contribution in [0.4, 0.5) is 4.39 Å². The molecule has 2 atom stereocenters. The van der Waals surface area contributed by atoms with Crippen molar-refractivity contribution in [3.05, 3.63) is 64.4 Å². The Morgan fingerprint density at radius 3 is 2.42 bits per heavy atom. The van der Waals surface area contributed by atoms with Crippen molar-refractivity contribution in [1.29, 1.82) is 0 Å². The van der Waals surface area contributed by atoms with Crippen molar-refractivity contribution in [1.82, 2.24) is 5.32 Å². The molecule has 0 bridgehead atoms. The van der Waals surface area contributed by atoms with Crippen LogP contribution in [-0.2, 0) is 9.59 Å². The van der Waals surface area contributed by atoms with E-state index in [0.717, 1.165) is 17.7 Å². The molecular formula is C19H19ClFNO4. The summed E-state index contributed by atoms with van der Waals surface area (Å²) in [7, 11) is 0. The largest absolute Gasteiger partial charge is 0.479 e. The molecule has 138 valence electrons. The van der Waals surface area contributed by atoms with Gasteiger partial charge in [-0.2, -0.15) is 0 Å². The van der Waals surface area contributed by atoms with Crippen molar-refractivity contribution < 1.29 is 23.8 Å². The number of halogens is 2. The predicted molar refractivity (Wildman–Crippen MR) is 95.8 cm³/mol. The summed E-state index contributed by atoms with van der Waals surface area (Å²) >= 11 is 6.12. The van der Waals surface area contributed by atoms with Gasteiger partial charge in [-0.05, 0) is 48.7 Å². The maximum absolute atomic E-state index is 13.0. The number of nitrogens with one attached hydrogen (secondary N) is 1. The van der Waals surface area contributed by atoms with Crippen molar-refractivity contribution in [3.8, 4) is 5.75 Å². The van der Waals surface area contributed by atoms with Gasteiger partial charge < -0.3 is 15.2 Å². The molecule has 5 nitrogen and oxygen atoms in total. The number of hydrogen-bond donors (Lipinski definition) is 2. The quantitative estimate of drug-likeness (QED) is 0.765. The maximum atomic E-state index is 13.0. The highest BCUT2D eigenvalue weighted by molar-refractivity contribution is 6.32. The average Bonchev–Trinajstić information content (AvgIpc) is 2.59. The van der Waals surface area contributed by atoms with E-state index < -0.39 is 29.8 Å². The summed E-state index contributed by atoms with van der Waals surface area (Å²) in [6.45, 7) is 3.61. The maximum Gasteiger partial charge on any atom is 0.330 e. The molecule has 1 amide bonds. The average molecular weight is 380 g/mol. The third-order valence-corrected chi connectivity index (χ3v) is 4.05. The highest BCUT2D eigenvalue weighted by Crippen LogP contribution is 2.27. The molecule has 0 heterocycles. The molecule has 0 aliphatic heterocycles. The lowest BCUT2D eigenvalue weighted by molar-refractivity contribution is -0.143. The molecule has 0 saturated carbocycles. The number of carboxylic acid groups (broad SMARTS) is 1. The van der Waals surface area contributed by atoms with Gasteiger partial charge in [0.2, 0.25) is 0 Å². The number of rotatable bonds is 7. The fourth-order valence-electron chi connectivity index (χ4n) is 2.36. The van der Waals surface area contributed by atoms with Crippen LogP contribution >= 0.6 is 11.6 Å². The van der Waals surface area contributed by atoms with Crippen LogP contribution in [0, 0.1) is 12.7 Å². The van der Waals surface area contributed by atoms with E-state index in [1.807, 2.05) is 6.92 Å². The first-order valence-corrected chi connectivity index (χ1v) is 8.41. The summed E-state index contributed by atoms with van der Waals surface area (Å²) in [6, 6.07) is 8.75. The summed E-state index contributed by atoms with van der Waals surface area (Å²) in [4.78, 5) is 24.0. The lowest BCUT2D eigenvalue weighted by Crippen LogP contribution is -2.42. The van der Waals surface area contributed by atoms with Crippen molar-refractivity contribution in [2.75, 3.05) is 0 Å². The number of aliphatic carboxylic acids is 1. The fraction of sp³-hybridized carbons (Fsp3) is 0.263. The van der Waals surface area contributed by atoms with Crippen LogP contribution in [0.2, 0.25) is 5.02 Å². The monoisotopic (exact) mass is 379 g/mol. The molecule has 0 radical (unpaired) electrons. The Morgan fingerprint density at radius 1 is 1.23 bits per heavy atom. The van der Waals surface area contributed by atoms with Crippen molar-refractivity contribution in [2.24, 2.45) is 0 Å². The summed E-state index contributed by atoms with van der Waals surface area (Å²) in [5.74, 6) is -2.00. The zero-order valence-corrected chi connectivity index (χ0v) is 15.1. The summed E-state index contributed by atoms with van der Waals surface area (Å²) in [5, 5.41) is 12.2. The van der Waals surface area contributed by atoms with Crippen molar-refractivity contribution in [2.45, 2.75) is 32.4 Å². The van der Waals surface area contributed by atoms with Gasteiger partial charge in [-0.1, -0.05) is 36.7 Å². The molecule has 0 aliphatic carbocycles. The molecule has 2 N–H and O–H groups in total. The Labute approximate surface area is 155 Å². The Balaban J connectivity index is 2.15. The zero-order valence-electron chi connectivity index (χ0n) is 14.3. The van der Waals surface area contributed by atoms with Crippen LogP contribution < -0.4 is 10.1 Å². The van der Waals surface area contributed by atoms with Gasteiger partial charge in [0, 0.05) is 0 Å². The van der Waals surface area contributed by atoms with Gasteiger partial charge in [0.15, 0.2) is 12.1 Å². The second kappa shape index (κ2) is 8.67. The zero-order chi connectivity index (χ0) is 19.3. The topological polar surface area (TPSA) is 75.6 Å². The minimum absolute atomic E-state index is 0.260. The summed E-state index contributed by atoms with van der Waals surface area (Å²) < 4.78 is 18.7. The molecule has 26 heavy (non-hydrogen) atoms. The molecule has 7 heteroatoms. The lowest BCUT2D eigenvalue weighted by Gasteiger charge is -2.21. The van der Waals surface area contributed by atoms with Gasteiger partial charge in [-0.25, -0.2) is 9.18 Å². The number of carbonyl (C=O) groups excluding carboxylic acids is 1. The van der Waals surface area contributed by atoms with E-state index in [-0.39, 0.29) is 5.56 Å². The minimum Gasteiger partial charge on any atom is -0.479 e. The van der Waals surface area contributed by atoms with Gasteiger partial charge in [0.25, 0.3) is 5.91 Å². The van der Waals surface area contributed by atoms with Gasteiger partial charge >= 0.3 is 5.97 Å². The first kappa shape index (κ1) is 19.7. The van der Waals surface area contributed by atoms with Crippen LogP contribution in [-0.4, -0.2) is 23.1 Å². The van der Waals surface area contributed by atoms with Gasteiger partial charge in [-0.15, -0.1) is 0 Å². The van der Waals surface area contributed by atoms with Crippen molar-refractivity contribution >= 4 is 23.5 Å². The highest BCUT2D eigenvalue weighted by atomic mass is 35.5. The number of benzene rings is 2. The van der Waals surface area contributed by atoms with E-state index in [9.17, 15) is 19.1 Å². The molecule has 2 unspecified atom stereocenters. The van der Waals surface area contributed by atoms with Gasteiger partial charge in [0.1, 0.15) is 11.6 Å². The molecule has 0 aliphatic rings. The summed E-state index contributed by atoms with van der Waals surface area (Å²) in [5.41, 5.74) is 1.21. The standard InChI is InChI=1S/C19H19ClFNO4/c1-3-15(26-16-9-4-11(2)10-14(16)20)18(23)22-17(19(24)25)12-5-7-13(21)8-6-12/h4-10,15,17H,3H2,1-2H3,(H,22,23)(H,24,25). The van der Waals surface area contributed by atoms with Crippen LogP contribution in [0.15, 0.2) is 42.5 Å². The van der Waals surface area contributed by atoms with E-state index in [1.54, 1.807) is 25.1 Å². The van der Waals surface area contributed by atoms with E-state index in [2.05, 4.69) is 5.32 Å². The molecule has 0 spiro atoms. The highest BCUT2D eigenvalue weighted by Gasteiger charge is 2.27. The Kier molecular flexibility index (Phi) is 6.58. The molecule has 0 aromatic heterocycles. The number of ether oxygens (including phenoxy) is 1. The molecule has 0 fully saturated rings. The second-order valence-corrected chi connectivity index (χ2v) is 6.19. The number of carbonyl (C=O) groups is 2. The number of hydrogen-bond acceptors (Lipinski definition) is 3. The van der Waals surface area contributed by atoms with Crippen LogP contribution in [0.25, 0.3) is 0 Å². The fourth-order valence-corrected chi connectivity index (χ4v) is 2.63. The third kappa shape index (κ3) is 4.95. The van der Waals surface area contributed by atoms with Crippen LogP contribution in [0.5, 0.6) is 5.75 Å². The Bertz CT molecular complexity index is 795. The SMILES string of the molecule is CCC(Oc1ccc(C)cc1Cl)C(=O)NC(C(=O)O)c1ccc(F)cc1. The second-order valence-electron chi connectivity index (χ2n) is 5.78. The molecule has 2 rings (SSSR count). The van der Waals surface area contributed by atoms with Gasteiger partial charge in [0.05, 0.1) is 5.02 Å². The predicted octanol–water partition coefficient (Wildman–Crippen LogP) is 3.89. The third-order valence-electron chi connectivity index (χ3n) is 3.76. The Morgan fingerprint density at radius 2 is 1.88 bits per heavy atom. The minimum atomic E-state index is -1.31. The van der Waals surface area contributed by atoms with E-state index in [4.69, 9.17) is 16.3 Å². The first-order chi connectivity index (χ1) is 12.3. The number of aryl methyl sites for hydroxylation is 1. The lowest BCUT2D eigenvalue weighted by atomic mass is 10.1. The van der Waals surface area contributed by atoms with Gasteiger partial charge in [-0.3, -0.25) is 4.79 Å². The molecule has 2 aromatic carbocycles. The van der Waals surface area contributed by atoms with Crippen LogP contribution in [0.3, 0.4) is 0 Å². The molecule has 2 aromatic rings. The normalized spacial score (nSPS) is 12.9. The smallest absolute Gasteiger partial charge is 0.330 e. The van der Waals surface area contributed by atoms with Crippen LogP contribution in [0.1, 0.15) is 30.5 Å². The van der Waals surface area contributed by atoms with E-state index >= 15 is 0 Å².